The Labute approximate surface area is 127 Å². The fraction of sp³-hybridized carbons (Fsp3) is 0.647. The summed E-state index contributed by atoms with van der Waals surface area (Å²) in [6.07, 6.45) is 5.11. The summed E-state index contributed by atoms with van der Waals surface area (Å²) in [4.78, 5) is 2.62. The third kappa shape index (κ3) is 2.88. The number of piperidine rings is 1. The Hall–Kier alpha value is -0.570. The second kappa shape index (κ2) is 6.05. The Bertz CT molecular complexity index is 466. The van der Waals surface area contributed by atoms with Crippen molar-refractivity contribution < 1.29 is 0 Å². The van der Waals surface area contributed by atoms with Crippen LogP contribution in [0.1, 0.15) is 37.3 Å². The summed E-state index contributed by atoms with van der Waals surface area (Å²) in [5.41, 5.74) is 3.34. The topological polar surface area (TPSA) is 15.3 Å². The molecule has 0 saturated carbocycles. The molecule has 0 atom stereocenters. The summed E-state index contributed by atoms with van der Waals surface area (Å²) in [6.45, 7) is 8.11. The number of rotatable bonds is 3. The number of hydrogen-bond donors (Lipinski definition) is 1. The lowest BCUT2D eigenvalue weighted by molar-refractivity contribution is 0.194. The van der Waals surface area contributed by atoms with Crippen LogP contribution in [-0.2, 0) is 13.0 Å². The predicted octanol–water partition coefficient (Wildman–Crippen LogP) is 3.48. The van der Waals surface area contributed by atoms with Crippen LogP contribution >= 0.6 is 11.6 Å². The first-order chi connectivity index (χ1) is 9.72. The van der Waals surface area contributed by atoms with Crippen LogP contribution < -0.4 is 5.32 Å². The number of nitrogens with one attached hydrogen (secondary N) is 1. The molecular weight excluding hydrogens is 268 g/mol. The van der Waals surface area contributed by atoms with Crippen LogP contribution in [0.15, 0.2) is 18.2 Å². The van der Waals surface area contributed by atoms with Crippen molar-refractivity contribution in [1.29, 1.82) is 0 Å². The molecule has 0 amide bonds. The first-order valence-corrected chi connectivity index (χ1v) is 8.30. The van der Waals surface area contributed by atoms with Gasteiger partial charge in [-0.1, -0.05) is 30.7 Å². The monoisotopic (exact) mass is 292 g/mol. The van der Waals surface area contributed by atoms with Crippen LogP contribution in [0.4, 0.5) is 0 Å². The highest BCUT2D eigenvalue weighted by Gasteiger charge is 2.38. The van der Waals surface area contributed by atoms with Crippen LogP contribution in [0.5, 0.6) is 0 Å². The first-order valence-electron chi connectivity index (χ1n) is 7.92. The van der Waals surface area contributed by atoms with Gasteiger partial charge in [-0.05, 0) is 67.9 Å². The van der Waals surface area contributed by atoms with Gasteiger partial charge >= 0.3 is 0 Å². The smallest absolute Gasteiger partial charge is 0.0453 e. The van der Waals surface area contributed by atoms with Gasteiger partial charge in [-0.2, -0.15) is 0 Å². The molecule has 0 unspecified atom stereocenters. The Morgan fingerprint density at radius 2 is 2.05 bits per heavy atom. The molecule has 20 heavy (non-hydrogen) atoms. The van der Waals surface area contributed by atoms with Gasteiger partial charge in [0, 0.05) is 18.1 Å². The molecule has 3 rings (SSSR count). The first kappa shape index (κ1) is 14.4. The zero-order valence-electron chi connectivity index (χ0n) is 12.4. The zero-order chi connectivity index (χ0) is 14.0. The number of halogens is 1. The van der Waals surface area contributed by atoms with Crippen molar-refractivity contribution in [2.45, 2.75) is 39.2 Å². The average molecular weight is 293 g/mol. The summed E-state index contributed by atoms with van der Waals surface area (Å²) >= 11 is 6.43. The third-order valence-electron chi connectivity index (χ3n) is 5.16. The normalized spacial score (nSPS) is 22.5. The van der Waals surface area contributed by atoms with Crippen molar-refractivity contribution in [2.75, 3.05) is 26.2 Å². The van der Waals surface area contributed by atoms with Crippen molar-refractivity contribution in [3.63, 3.8) is 0 Å². The molecule has 0 radical (unpaired) electrons. The van der Waals surface area contributed by atoms with Gasteiger partial charge < -0.3 is 5.32 Å². The predicted molar refractivity (Wildman–Crippen MR) is 85.3 cm³/mol. The van der Waals surface area contributed by atoms with E-state index in [1.54, 1.807) is 0 Å². The van der Waals surface area contributed by atoms with Crippen molar-refractivity contribution in [2.24, 2.45) is 5.41 Å². The van der Waals surface area contributed by atoms with E-state index in [9.17, 15) is 0 Å². The molecule has 2 aliphatic heterocycles. The minimum Gasteiger partial charge on any atom is -0.317 e. The molecule has 1 spiro atoms. The summed E-state index contributed by atoms with van der Waals surface area (Å²) in [5, 5.41) is 4.43. The van der Waals surface area contributed by atoms with E-state index in [4.69, 9.17) is 11.6 Å². The lowest BCUT2D eigenvalue weighted by Crippen LogP contribution is -2.38. The minimum atomic E-state index is 0.582. The molecule has 0 aromatic heterocycles. The van der Waals surface area contributed by atoms with Crippen LogP contribution in [-0.4, -0.2) is 31.1 Å². The molecule has 0 aliphatic carbocycles. The van der Waals surface area contributed by atoms with E-state index < -0.39 is 0 Å². The van der Waals surface area contributed by atoms with Crippen molar-refractivity contribution in [3.05, 3.63) is 34.3 Å². The van der Waals surface area contributed by atoms with Gasteiger partial charge in [0.15, 0.2) is 0 Å². The van der Waals surface area contributed by atoms with Gasteiger partial charge in [0.05, 0.1) is 0 Å². The Kier molecular flexibility index (Phi) is 4.34. The van der Waals surface area contributed by atoms with E-state index >= 15 is 0 Å². The van der Waals surface area contributed by atoms with E-state index in [1.807, 2.05) is 6.07 Å². The van der Waals surface area contributed by atoms with E-state index in [0.29, 0.717) is 5.41 Å². The van der Waals surface area contributed by atoms with Gasteiger partial charge in [-0.25, -0.2) is 0 Å². The lowest BCUT2D eigenvalue weighted by Gasteiger charge is -2.34. The van der Waals surface area contributed by atoms with Crippen molar-refractivity contribution in [3.8, 4) is 0 Å². The maximum Gasteiger partial charge on any atom is 0.0453 e. The van der Waals surface area contributed by atoms with Crippen molar-refractivity contribution in [1.82, 2.24) is 10.2 Å². The second-order valence-corrected chi connectivity index (χ2v) is 6.85. The highest BCUT2D eigenvalue weighted by Crippen LogP contribution is 2.39. The van der Waals surface area contributed by atoms with Crippen molar-refractivity contribution >= 4 is 11.6 Å². The fourth-order valence-electron chi connectivity index (χ4n) is 3.86. The Morgan fingerprint density at radius 1 is 1.25 bits per heavy atom. The fourth-order valence-corrected chi connectivity index (χ4v) is 4.12. The molecule has 2 nitrogen and oxygen atoms in total. The SMILES string of the molecule is CCc1cccc(Cl)c1CN1CCC2(CCNCC2)C1. The molecule has 2 heterocycles. The highest BCUT2D eigenvalue weighted by atomic mass is 35.5. The molecular formula is C17H25ClN2. The molecule has 1 N–H and O–H groups in total. The number of likely N-dealkylation sites (tertiary alicyclic amines) is 1. The van der Waals surface area contributed by atoms with E-state index in [2.05, 4.69) is 29.3 Å². The highest BCUT2D eigenvalue weighted by molar-refractivity contribution is 6.31. The van der Waals surface area contributed by atoms with Crippen LogP contribution in [0.2, 0.25) is 5.02 Å². The van der Waals surface area contributed by atoms with Crippen LogP contribution in [0.3, 0.4) is 0 Å². The van der Waals surface area contributed by atoms with Crippen LogP contribution in [0, 0.1) is 5.41 Å². The summed E-state index contributed by atoms with van der Waals surface area (Å²) in [7, 11) is 0. The number of aryl methyl sites for hydroxylation is 1. The van der Waals surface area contributed by atoms with Gasteiger partial charge in [-0.3, -0.25) is 4.90 Å². The zero-order valence-corrected chi connectivity index (χ0v) is 13.2. The summed E-state index contributed by atoms with van der Waals surface area (Å²) < 4.78 is 0. The maximum absolute atomic E-state index is 6.43. The molecule has 3 heteroatoms. The largest absolute Gasteiger partial charge is 0.317 e. The summed E-state index contributed by atoms with van der Waals surface area (Å²) in [5.74, 6) is 0. The average Bonchev–Trinajstić information content (AvgIpc) is 2.84. The molecule has 1 aromatic carbocycles. The second-order valence-electron chi connectivity index (χ2n) is 6.44. The molecule has 0 bridgehead atoms. The number of hydrogen-bond acceptors (Lipinski definition) is 2. The van der Waals surface area contributed by atoms with E-state index in [1.165, 1.54) is 56.6 Å². The Balaban J connectivity index is 1.70. The van der Waals surface area contributed by atoms with Gasteiger partial charge in [0.2, 0.25) is 0 Å². The van der Waals surface area contributed by atoms with E-state index in [0.717, 1.165) is 18.0 Å². The van der Waals surface area contributed by atoms with Gasteiger partial charge in [0.1, 0.15) is 0 Å². The van der Waals surface area contributed by atoms with E-state index in [-0.39, 0.29) is 0 Å². The van der Waals surface area contributed by atoms with Crippen LogP contribution in [0.25, 0.3) is 0 Å². The quantitative estimate of drug-likeness (QED) is 0.917. The molecule has 2 fully saturated rings. The number of benzene rings is 1. The molecule has 110 valence electrons. The lowest BCUT2D eigenvalue weighted by atomic mass is 9.78. The summed E-state index contributed by atoms with van der Waals surface area (Å²) in [6, 6.07) is 6.33. The minimum absolute atomic E-state index is 0.582. The van der Waals surface area contributed by atoms with Gasteiger partial charge in [-0.15, -0.1) is 0 Å². The molecule has 2 aliphatic rings. The third-order valence-corrected chi connectivity index (χ3v) is 5.51. The molecule has 1 aromatic rings. The Morgan fingerprint density at radius 3 is 2.80 bits per heavy atom. The number of nitrogens with zero attached hydrogens (tertiary/aromatic N) is 1. The standard InChI is InChI=1S/C17H25ClN2/c1-2-14-4-3-5-16(18)15(14)12-20-11-8-17(13-20)6-9-19-10-7-17/h3-5,19H,2,6-13H2,1H3. The van der Waals surface area contributed by atoms with Gasteiger partial charge in [0.25, 0.3) is 0 Å². The molecule has 2 saturated heterocycles. The maximum atomic E-state index is 6.43.